The fourth-order valence-corrected chi connectivity index (χ4v) is 2.46. The van der Waals surface area contributed by atoms with Crippen LogP contribution in [0, 0.1) is 0 Å². The molecule has 0 amide bonds. The van der Waals surface area contributed by atoms with Crippen LogP contribution in [0.4, 0.5) is 0 Å². The van der Waals surface area contributed by atoms with Gasteiger partial charge in [-0.3, -0.25) is 14.7 Å². The molecule has 1 N–H and O–H groups in total. The quantitative estimate of drug-likeness (QED) is 0.494. The van der Waals surface area contributed by atoms with Gasteiger partial charge in [0.2, 0.25) is 0 Å². The standard InChI is InChI=1S/C9H20NO5P/c1-4-13-9(11)7-10-8-16(12,14-5-2)15-6-3/h10H,4-8H2,1-3H3. The molecule has 0 aliphatic carbocycles. The molecule has 0 bridgehead atoms. The smallest absolute Gasteiger partial charge is 0.344 e. The predicted octanol–water partition coefficient (Wildman–Crippen LogP) is 1.36. The van der Waals surface area contributed by atoms with Crippen molar-refractivity contribution in [1.29, 1.82) is 0 Å². The van der Waals surface area contributed by atoms with E-state index in [1.165, 1.54) is 0 Å². The molecule has 0 aromatic heterocycles. The number of hydrogen-bond donors (Lipinski definition) is 1. The first-order chi connectivity index (χ1) is 7.58. The first-order valence-corrected chi connectivity index (χ1v) is 7.05. The Kier molecular flexibility index (Phi) is 8.47. The lowest BCUT2D eigenvalue weighted by Crippen LogP contribution is -2.26. The van der Waals surface area contributed by atoms with Crippen LogP contribution < -0.4 is 5.32 Å². The van der Waals surface area contributed by atoms with Gasteiger partial charge in [-0.05, 0) is 20.8 Å². The van der Waals surface area contributed by atoms with Gasteiger partial charge in [0.25, 0.3) is 0 Å². The zero-order chi connectivity index (χ0) is 12.4. The lowest BCUT2D eigenvalue weighted by atomic mass is 10.6. The molecule has 0 atom stereocenters. The van der Waals surface area contributed by atoms with Crippen molar-refractivity contribution in [2.75, 3.05) is 32.7 Å². The third-order valence-electron chi connectivity index (χ3n) is 1.53. The summed E-state index contributed by atoms with van der Waals surface area (Å²) in [6.07, 6.45) is 0.00743. The van der Waals surface area contributed by atoms with E-state index < -0.39 is 7.60 Å². The first-order valence-electron chi connectivity index (χ1n) is 5.32. The van der Waals surface area contributed by atoms with Crippen molar-refractivity contribution in [2.45, 2.75) is 20.8 Å². The second-order valence-electron chi connectivity index (χ2n) is 2.84. The van der Waals surface area contributed by atoms with Gasteiger partial charge in [0, 0.05) is 0 Å². The molecule has 0 aliphatic rings. The van der Waals surface area contributed by atoms with Gasteiger partial charge in [0.15, 0.2) is 0 Å². The Bertz CT molecular complexity index is 236. The van der Waals surface area contributed by atoms with Gasteiger partial charge >= 0.3 is 13.6 Å². The van der Waals surface area contributed by atoms with E-state index in [1.54, 1.807) is 20.8 Å². The zero-order valence-electron chi connectivity index (χ0n) is 10.0. The monoisotopic (exact) mass is 253 g/mol. The van der Waals surface area contributed by atoms with Crippen LogP contribution in [0.2, 0.25) is 0 Å². The van der Waals surface area contributed by atoms with Gasteiger partial charge in [-0.25, -0.2) is 0 Å². The highest BCUT2D eigenvalue weighted by Gasteiger charge is 2.23. The van der Waals surface area contributed by atoms with Crippen LogP contribution in [0.25, 0.3) is 0 Å². The second-order valence-corrected chi connectivity index (χ2v) is 4.89. The van der Waals surface area contributed by atoms with Crippen LogP contribution in [-0.2, 0) is 23.1 Å². The maximum absolute atomic E-state index is 11.9. The zero-order valence-corrected chi connectivity index (χ0v) is 10.9. The summed E-state index contributed by atoms with van der Waals surface area (Å²) in [5.74, 6) is -0.387. The Balaban J connectivity index is 3.93. The Morgan fingerprint density at radius 2 is 1.69 bits per heavy atom. The molecule has 0 rings (SSSR count). The van der Waals surface area contributed by atoms with Crippen molar-refractivity contribution in [3.63, 3.8) is 0 Å². The summed E-state index contributed by atoms with van der Waals surface area (Å²) >= 11 is 0. The molecular weight excluding hydrogens is 233 g/mol. The van der Waals surface area contributed by atoms with Crippen LogP contribution in [-0.4, -0.2) is 38.6 Å². The highest BCUT2D eigenvalue weighted by atomic mass is 31.2. The SMILES string of the molecule is CCOC(=O)CNCP(=O)(OCC)OCC. The molecule has 16 heavy (non-hydrogen) atoms. The van der Waals surface area contributed by atoms with Crippen LogP contribution in [0.15, 0.2) is 0 Å². The lowest BCUT2D eigenvalue weighted by molar-refractivity contribution is -0.141. The minimum absolute atomic E-state index is 0.00201. The molecular formula is C9H20NO5P. The normalized spacial score (nSPS) is 11.4. The minimum atomic E-state index is -3.11. The van der Waals surface area contributed by atoms with Crippen LogP contribution >= 0.6 is 7.60 Å². The lowest BCUT2D eigenvalue weighted by Gasteiger charge is -2.16. The van der Waals surface area contributed by atoms with E-state index >= 15 is 0 Å². The highest BCUT2D eigenvalue weighted by Crippen LogP contribution is 2.46. The van der Waals surface area contributed by atoms with E-state index in [1.807, 2.05) is 0 Å². The fraction of sp³-hybridized carbons (Fsp3) is 0.889. The molecule has 0 aliphatic heterocycles. The van der Waals surface area contributed by atoms with Gasteiger partial charge in [0.05, 0.1) is 32.7 Å². The fourth-order valence-electron chi connectivity index (χ4n) is 1.03. The second kappa shape index (κ2) is 8.70. The van der Waals surface area contributed by atoms with Crippen molar-refractivity contribution in [1.82, 2.24) is 5.32 Å². The summed E-state index contributed by atoms with van der Waals surface area (Å²) in [6, 6.07) is 0. The Morgan fingerprint density at radius 1 is 1.12 bits per heavy atom. The van der Waals surface area contributed by atoms with E-state index in [0.29, 0.717) is 19.8 Å². The maximum Gasteiger partial charge on any atom is 0.344 e. The molecule has 0 unspecified atom stereocenters. The molecule has 0 radical (unpaired) electrons. The first kappa shape index (κ1) is 15.6. The third kappa shape index (κ3) is 6.95. The van der Waals surface area contributed by atoms with E-state index in [0.717, 1.165) is 0 Å². The summed E-state index contributed by atoms with van der Waals surface area (Å²) in [7, 11) is -3.11. The van der Waals surface area contributed by atoms with Gasteiger partial charge in [-0.1, -0.05) is 0 Å². The average Bonchev–Trinajstić information content (AvgIpc) is 2.18. The third-order valence-corrected chi connectivity index (χ3v) is 3.45. The van der Waals surface area contributed by atoms with Crippen LogP contribution in [0.5, 0.6) is 0 Å². The molecule has 0 fully saturated rings. The molecule has 0 aromatic rings. The summed E-state index contributed by atoms with van der Waals surface area (Å²) in [6.45, 7) is 6.13. The number of carbonyl (C=O) groups excluding carboxylic acids is 1. The van der Waals surface area contributed by atoms with Crippen molar-refractivity contribution in [2.24, 2.45) is 0 Å². The number of ether oxygens (including phenoxy) is 1. The summed E-state index contributed by atoms with van der Waals surface area (Å²) in [5, 5.41) is 2.69. The van der Waals surface area contributed by atoms with Gasteiger partial charge in [0.1, 0.15) is 0 Å². The average molecular weight is 253 g/mol. The molecule has 96 valence electrons. The summed E-state index contributed by atoms with van der Waals surface area (Å²) in [4.78, 5) is 11.0. The summed E-state index contributed by atoms with van der Waals surface area (Å²) < 4.78 is 26.7. The van der Waals surface area contributed by atoms with Crippen molar-refractivity contribution < 1.29 is 23.1 Å². The Labute approximate surface area is 96.2 Å². The molecule has 0 spiro atoms. The molecule has 6 nitrogen and oxygen atoms in total. The predicted molar refractivity (Wildman–Crippen MR) is 60.4 cm³/mol. The maximum atomic E-state index is 11.9. The number of carbonyl (C=O) groups is 1. The number of hydrogen-bond acceptors (Lipinski definition) is 6. The van der Waals surface area contributed by atoms with E-state index in [2.05, 4.69) is 5.32 Å². The molecule has 0 saturated heterocycles. The Morgan fingerprint density at radius 3 is 2.12 bits per heavy atom. The van der Waals surface area contributed by atoms with Crippen molar-refractivity contribution in [3.05, 3.63) is 0 Å². The van der Waals surface area contributed by atoms with E-state index in [4.69, 9.17) is 13.8 Å². The largest absolute Gasteiger partial charge is 0.465 e. The van der Waals surface area contributed by atoms with Crippen LogP contribution in [0.3, 0.4) is 0 Å². The van der Waals surface area contributed by atoms with E-state index in [9.17, 15) is 9.36 Å². The molecule has 0 heterocycles. The van der Waals surface area contributed by atoms with Gasteiger partial charge in [-0.15, -0.1) is 0 Å². The molecule has 0 aromatic carbocycles. The van der Waals surface area contributed by atoms with Gasteiger partial charge in [-0.2, -0.15) is 0 Å². The topological polar surface area (TPSA) is 73.9 Å². The van der Waals surface area contributed by atoms with Crippen molar-refractivity contribution in [3.8, 4) is 0 Å². The number of esters is 1. The molecule has 0 saturated carbocycles. The summed E-state index contributed by atoms with van der Waals surface area (Å²) in [5.41, 5.74) is 0. The van der Waals surface area contributed by atoms with Gasteiger partial charge < -0.3 is 13.8 Å². The van der Waals surface area contributed by atoms with Crippen molar-refractivity contribution >= 4 is 13.6 Å². The minimum Gasteiger partial charge on any atom is -0.465 e. The number of rotatable bonds is 9. The number of nitrogens with one attached hydrogen (secondary N) is 1. The van der Waals surface area contributed by atoms with E-state index in [-0.39, 0.29) is 18.8 Å². The van der Waals surface area contributed by atoms with Crippen LogP contribution in [0.1, 0.15) is 20.8 Å². The highest BCUT2D eigenvalue weighted by molar-refractivity contribution is 7.53. The Hall–Kier alpha value is -0.420. The molecule has 7 heteroatoms.